The van der Waals surface area contributed by atoms with Crippen LogP contribution in [0, 0.1) is 16.0 Å². The summed E-state index contributed by atoms with van der Waals surface area (Å²) in [6.45, 7) is 11.7. The number of nitrogens with zero attached hydrogens (tertiary/aromatic N) is 3. The molecule has 23 heavy (non-hydrogen) atoms. The van der Waals surface area contributed by atoms with Crippen LogP contribution in [0.25, 0.3) is 0 Å². The summed E-state index contributed by atoms with van der Waals surface area (Å²) in [5.74, 6) is 0.820. The van der Waals surface area contributed by atoms with Gasteiger partial charge in [0.2, 0.25) is 0 Å². The van der Waals surface area contributed by atoms with Crippen molar-refractivity contribution in [2.75, 3.05) is 50.7 Å². The van der Waals surface area contributed by atoms with E-state index < -0.39 is 0 Å². The average Bonchev–Trinajstić information content (AvgIpc) is 2.53. The van der Waals surface area contributed by atoms with Gasteiger partial charge in [0.25, 0.3) is 5.69 Å². The topological polar surface area (TPSA) is 61.7 Å². The number of piperazine rings is 1. The van der Waals surface area contributed by atoms with Crippen molar-refractivity contribution in [3.05, 3.63) is 34.4 Å². The van der Waals surface area contributed by atoms with Crippen LogP contribution < -0.4 is 10.2 Å². The van der Waals surface area contributed by atoms with Crippen molar-refractivity contribution in [3.63, 3.8) is 0 Å². The highest BCUT2D eigenvalue weighted by Gasteiger charge is 2.23. The molecule has 0 saturated carbocycles. The van der Waals surface area contributed by atoms with Gasteiger partial charge in [-0.05, 0) is 18.1 Å². The molecule has 0 radical (unpaired) electrons. The number of anilines is 1. The summed E-state index contributed by atoms with van der Waals surface area (Å²) in [5.41, 5.74) is 1.24. The first-order chi connectivity index (χ1) is 10.7. The minimum absolute atomic E-state index is 0. The maximum absolute atomic E-state index is 10.6. The molecule has 1 aromatic rings. The van der Waals surface area contributed by atoms with Crippen molar-refractivity contribution in [2.24, 2.45) is 5.92 Å². The highest BCUT2D eigenvalue weighted by Crippen LogP contribution is 2.21. The van der Waals surface area contributed by atoms with Crippen molar-refractivity contribution in [1.82, 2.24) is 10.2 Å². The van der Waals surface area contributed by atoms with Crippen LogP contribution in [0.4, 0.5) is 11.4 Å². The van der Waals surface area contributed by atoms with E-state index in [1.165, 1.54) is 6.54 Å². The SMILES string of the molecule is C.CC.O=[N+]([O-])c1ccc(N2CCN(CC3CNC3)CC2)cc1. The molecule has 0 atom stereocenters. The minimum Gasteiger partial charge on any atom is -0.369 e. The molecule has 2 aliphatic rings. The summed E-state index contributed by atoms with van der Waals surface area (Å²) >= 11 is 0. The average molecular weight is 322 g/mol. The molecule has 1 N–H and O–H groups in total. The third-order valence-corrected chi connectivity index (χ3v) is 4.18. The van der Waals surface area contributed by atoms with Crippen molar-refractivity contribution < 1.29 is 4.92 Å². The van der Waals surface area contributed by atoms with Gasteiger partial charge in [0.05, 0.1) is 4.92 Å². The summed E-state index contributed by atoms with van der Waals surface area (Å²) in [7, 11) is 0. The smallest absolute Gasteiger partial charge is 0.269 e. The van der Waals surface area contributed by atoms with E-state index in [1.54, 1.807) is 12.1 Å². The molecule has 0 spiro atoms. The molecular weight excluding hydrogens is 292 g/mol. The predicted octanol–water partition coefficient (Wildman–Crippen LogP) is 2.60. The lowest BCUT2D eigenvalue weighted by atomic mass is 10.0. The van der Waals surface area contributed by atoms with E-state index in [0.717, 1.165) is 50.9 Å². The molecule has 2 heterocycles. The first-order valence-corrected chi connectivity index (χ1v) is 8.15. The summed E-state index contributed by atoms with van der Waals surface area (Å²) in [5, 5.41) is 14.0. The van der Waals surface area contributed by atoms with Gasteiger partial charge >= 0.3 is 0 Å². The van der Waals surface area contributed by atoms with Crippen molar-refractivity contribution in [2.45, 2.75) is 21.3 Å². The summed E-state index contributed by atoms with van der Waals surface area (Å²) in [6, 6.07) is 6.87. The number of nitro benzene ring substituents is 1. The molecule has 1 aromatic carbocycles. The summed E-state index contributed by atoms with van der Waals surface area (Å²) in [6.07, 6.45) is 0. The van der Waals surface area contributed by atoms with E-state index >= 15 is 0 Å². The van der Waals surface area contributed by atoms with Crippen molar-refractivity contribution in [1.29, 1.82) is 0 Å². The molecule has 0 unspecified atom stereocenters. The first-order valence-electron chi connectivity index (χ1n) is 8.15. The number of non-ortho nitro benzene ring substituents is 1. The molecule has 130 valence electrons. The lowest BCUT2D eigenvalue weighted by Crippen LogP contribution is -2.53. The second-order valence-electron chi connectivity index (χ2n) is 5.59. The van der Waals surface area contributed by atoms with Crippen LogP contribution in [0.2, 0.25) is 0 Å². The third-order valence-electron chi connectivity index (χ3n) is 4.18. The van der Waals surface area contributed by atoms with Crippen molar-refractivity contribution in [3.8, 4) is 0 Å². The number of benzene rings is 1. The van der Waals surface area contributed by atoms with Gasteiger partial charge in [0.15, 0.2) is 0 Å². The Labute approximate surface area is 139 Å². The predicted molar refractivity (Wildman–Crippen MR) is 96.2 cm³/mol. The highest BCUT2D eigenvalue weighted by molar-refractivity contribution is 5.51. The molecule has 3 rings (SSSR count). The molecule has 0 amide bonds. The lowest BCUT2D eigenvalue weighted by molar-refractivity contribution is -0.384. The van der Waals surface area contributed by atoms with Gasteiger partial charge in [-0.1, -0.05) is 21.3 Å². The quantitative estimate of drug-likeness (QED) is 0.682. The second kappa shape index (κ2) is 9.47. The molecule has 0 aliphatic carbocycles. The van der Waals surface area contributed by atoms with E-state index in [0.29, 0.717) is 0 Å². The van der Waals surface area contributed by atoms with Gasteiger partial charge in [-0.2, -0.15) is 0 Å². The fourth-order valence-corrected chi connectivity index (χ4v) is 2.82. The van der Waals surface area contributed by atoms with Crippen LogP contribution in [0.15, 0.2) is 24.3 Å². The monoisotopic (exact) mass is 322 g/mol. The van der Waals surface area contributed by atoms with E-state index in [-0.39, 0.29) is 18.0 Å². The molecule has 6 heteroatoms. The normalized spacial score (nSPS) is 18.3. The molecule has 0 aromatic heterocycles. The Balaban J connectivity index is 0.000000849. The largest absolute Gasteiger partial charge is 0.369 e. The zero-order valence-corrected chi connectivity index (χ0v) is 13.5. The maximum atomic E-state index is 10.6. The van der Waals surface area contributed by atoms with Crippen LogP contribution in [0.5, 0.6) is 0 Å². The van der Waals surface area contributed by atoms with Crippen molar-refractivity contribution >= 4 is 11.4 Å². The van der Waals surface area contributed by atoms with E-state index in [9.17, 15) is 10.1 Å². The summed E-state index contributed by atoms with van der Waals surface area (Å²) < 4.78 is 0. The van der Waals surface area contributed by atoms with Crippen LogP contribution in [0.1, 0.15) is 21.3 Å². The number of hydrogen-bond donors (Lipinski definition) is 1. The van der Waals surface area contributed by atoms with Gasteiger partial charge in [-0.3, -0.25) is 15.0 Å². The zero-order chi connectivity index (χ0) is 15.9. The fourth-order valence-electron chi connectivity index (χ4n) is 2.82. The van der Waals surface area contributed by atoms with E-state index in [2.05, 4.69) is 15.1 Å². The molecular formula is C17H30N4O2. The Morgan fingerprint density at radius 1 is 1.13 bits per heavy atom. The van der Waals surface area contributed by atoms with E-state index in [4.69, 9.17) is 0 Å². The number of nitro groups is 1. The molecule has 2 aliphatic heterocycles. The molecule has 0 bridgehead atoms. The Morgan fingerprint density at radius 3 is 2.13 bits per heavy atom. The Hall–Kier alpha value is -1.66. The third kappa shape index (κ3) is 5.18. The minimum atomic E-state index is -0.353. The van der Waals surface area contributed by atoms with E-state index in [1.807, 2.05) is 26.0 Å². The molecule has 2 fully saturated rings. The van der Waals surface area contributed by atoms with Gasteiger partial charge in [0, 0.05) is 63.6 Å². The van der Waals surface area contributed by atoms with Gasteiger partial charge in [-0.25, -0.2) is 0 Å². The lowest BCUT2D eigenvalue weighted by Gasteiger charge is -2.39. The second-order valence-corrected chi connectivity index (χ2v) is 5.59. The van der Waals surface area contributed by atoms with Crippen LogP contribution in [-0.2, 0) is 0 Å². The number of rotatable bonds is 4. The standard InChI is InChI=1S/C14H20N4O2.C2H6.CH4/c19-18(20)14-3-1-13(2-4-14)17-7-5-16(6-8-17)11-12-9-15-10-12;1-2;/h1-4,12,15H,5-11H2;1-2H3;1H4. The van der Waals surface area contributed by atoms with Gasteiger partial charge in [0.1, 0.15) is 0 Å². The summed E-state index contributed by atoms with van der Waals surface area (Å²) in [4.78, 5) is 15.1. The fraction of sp³-hybridized carbons (Fsp3) is 0.647. The van der Waals surface area contributed by atoms with Crippen LogP contribution in [-0.4, -0.2) is 55.6 Å². The molecule has 2 saturated heterocycles. The number of hydrogen-bond acceptors (Lipinski definition) is 5. The number of nitrogens with one attached hydrogen (secondary N) is 1. The Bertz CT molecular complexity index is 466. The highest BCUT2D eigenvalue weighted by atomic mass is 16.6. The first kappa shape index (κ1) is 19.4. The maximum Gasteiger partial charge on any atom is 0.269 e. The van der Waals surface area contributed by atoms with Gasteiger partial charge in [-0.15, -0.1) is 0 Å². The Morgan fingerprint density at radius 2 is 1.70 bits per heavy atom. The van der Waals surface area contributed by atoms with Gasteiger partial charge < -0.3 is 10.2 Å². The Kier molecular flexibility index (Phi) is 7.98. The van der Waals surface area contributed by atoms with Crippen LogP contribution in [0.3, 0.4) is 0 Å². The van der Waals surface area contributed by atoms with Crippen LogP contribution >= 0.6 is 0 Å². The molecule has 6 nitrogen and oxygen atoms in total. The zero-order valence-electron chi connectivity index (χ0n) is 13.5.